The highest BCUT2D eigenvalue weighted by atomic mass is 16.3. The Bertz CT molecular complexity index is 822. The lowest BCUT2D eigenvalue weighted by Crippen LogP contribution is -2.47. The summed E-state index contributed by atoms with van der Waals surface area (Å²) in [5.74, 6) is 0.702. The Morgan fingerprint density at radius 3 is 1.88 bits per heavy atom. The second-order valence-corrected chi connectivity index (χ2v) is 9.47. The quantitative estimate of drug-likeness (QED) is 0.685. The van der Waals surface area contributed by atoms with Crippen LogP contribution in [0.15, 0.2) is 60.7 Å². The molecule has 0 aliphatic carbocycles. The van der Waals surface area contributed by atoms with Crippen molar-refractivity contribution < 1.29 is 14.9 Å². The lowest BCUT2D eigenvalue weighted by atomic mass is 9.72. The second kappa shape index (κ2) is 10.2. The third-order valence-electron chi connectivity index (χ3n) is 7.51. The number of benzene rings is 2. The molecule has 5 nitrogen and oxygen atoms in total. The number of piperidine rings is 2. The SMILES string of the molecule is CB(O)N1CCC(CC(=O)N2CCC(C(O)(c3ccccc3)c3ccccc3)CC2)CC1. The highest BCUT2D eigenvalue weighted by Gasteiger charge is 2.42. The lowest BCUT2D eigenvalue weighted by Gasteiger charge is -2.42. The van der Waals surface area contributed by atoms with Crippen molar-refractivity contribution in [1.82, 2.24) is 9.71 Å². The maximum atomic E-state index is 13.0. The summed E-state index contributed by atoms with van der Waals surface area (Å²) >= 11 is 0. The number of hydrogen-bond donors (Lipinski definition) is 2. The van der Waals surface area contributed by atoms with Crippen LogP contribution in [0, 0.1) is 11.8 Å². The molecule has 2 saturated heterocycles. The van der Waals surface area contributed by atoms with E-state index in [9.17, 15) is 14.9 Å². The summed E-state index contributed by atoms with van der Waals surface area (Å²) in [7, 11) is -0.404. The van der Waals surface area contributed by atoms with Crippen molar-refractivity contribution in [2.75, 3.05) is 26.2 Å². The van der Waals surface area contributed by atoms with Crippen molar-refractivity contribution in [3.63, 3.8) is 0 Å². The fourth-order valence-electron chi connectivity index (χ4n) is 5.48. The standard InChI is InChI=1S/C26H35BN2O3/c1-27(32)29-18-12-21(13-19-29)20-25(30)28-16-14-24(15-17-28)26(31,22-8-4-2-5-9-22)23-10-6-3-7-11-23/h2-11,21,24,31-32H,12-20H2,1H3. The Morgan fingerprint density at radius 2 is 1.41 bits per heavy atom. The zero-order valence-electron chi connectivity index (χ0n) is 19.1. The summed E-state index contributed by atoms with van der Waals surface area (Å²) < 4.78 is 0. The van der Waals surface area contributed by atoms with E-state index in [1.54, 1.807) is 0 Å². The van der Waals surface area contributed by atoms with Gasteiger partial charge in [0.15, 0.2) is 0 Å². The van der Waals surface area contributed by atoms with Crippen LogP contribution in [0.3, 0.4) is 0 Å². The van der Waals surface area contributed by atoms with E-state index in [-0.39, 0.29) is 11.8 Å². The molecular weight excluding hydrogens is 399 g/mol. The van der Waals surface area contributed by atoms with Gasteiger partial charge in [-0.15, -0.1) is 0 Å². The van der Waals surface area contributed by atoms with Crippen LogP contribution in [0.4, 0.5) is 0 Å². The fourth-order valence-corrected chi connectivity index (χ4v) is 5.48. The van der Waals surface area contributed by atoms with E-state index in [2.05, 4.69) is 4.81 Å². The number of carbonyl (C=O) groups is 1. The average Bonchev–Trinajstić information content (AvgIpc) is 2.85. The summed E-state index contributed by atoms with van der Waals surface area (Å²) in [6.45, 7) is 4.91. The highest BCUT2D eigenvalue weighted by Crippen LogP contribution is 2.42. The molecule has 2 aliphatic heterocycles. The second-order valence-electron chi connectivity index (χ2n) is 9.47. The van der Waals surface area contributed by atoms with Crippen LogP contribution < -0.4 is 0 Å². The molecule has 0 bridgehead atoms. The monoisotopic (exact) mass is 434 g/mol. The van der Waals surface area contributed by atoms with E-state index in [0.717, 1.165) is 49.9 Å². The van der Waals surface area contributed by atoms with Gasteiger partial charge in [0, 0.05) is 19.5 Å². The van der Waals surface area contributed by atoms with E-state index in [1.807, 2.05) is 72.4 Å². The van der Waals surface area contributed by atoms with Gasteiger partial charge in [-0.25, -0.2) is 0 Å². The average molecular weight is 434 g/mol. The molecule has 2 aromatic carbocycles. The van der Waals surface area contributed by atoms with Crippen molar-refractivity contribution >= 4 is 13.0 Å². The number of amides is 1. The van der Waals surface area contributed by atoms with Crippen LogP contribution in [0.1, 0.15) is 43.2 Å². The molecule has 2 N–H and O–H groups in total. The molecule has 0 atom stereocenters. The molecular formula is C26H35BN2O3. The maximum Gasteiger partial charge on any atom is 0.376 e. The minimum atomic E-state index is -1.05. The zero-order valence-corrected chi connectivity index (χ0v) is 19.1. The van der Waals surface area contributed by atoms with E-state index in [0.29, 0.717) is 25.4 Å². The number of hydrogen-bond acceptors (Lipinski definition) is 4. The fraction of sp³-hybridized carbons (Fsp3) is 0.500. The Morgan fingerprint density at radius 1 is 0.906 bits per heavy atom. The summed E-state index contributed by atoms with van der Waals surface area (Å²) in [4.78, 5) is 17.0. The van der Waals surface area contributed by atoms with Gasteiger partial charge in [-0.3, -0.25) is 4.79 Å². The Labute approximate surface area is 192 Å². The van der Waals surface area contributed by atoms with Crippen molar-refractivity contribution in [2.45, 2.75) is 44.5 Å². The van der Waals surface area contributed by atoms with Gasteiger partial charge in [0.05, 0.1) is 0 Å². The first-order chi connectivity index (χ1) is 15.5. The van der Waals surface area contributed by atoms with Crippen LogP contribution in [0.5, 0.6) is 0 Å². The molecule has 2 aromatic rings. The topological polar surface area (TPSA) is 64.0 Å². The number of nitrogens with zero attached hydrogens (tertiary/aromatic N) is 2. The van der Waals surface area contributed by atoms with Gasteiger partial charge in [-0.2, -0.15) is 0 Å². The molecule has 0 radical (unpaired) electrons. The Hall–Kier alpha value is -2.15. The van der Waals surface area contributed by atoms with E-state index in [1.165, 1.54) is 0 Å². The van der Waals surface area contributed by atoms with Gasteiger partial charge in [0.2, 0.25) is 5.91 Å². The molecule has 0 spiro atoms. The predicted molar refractivity (Wildman–Crippen MR) is 128 cm³/mol. The zero-order chi connectivity index (χ0) is 22.6. The third-order valence-corrected chi connectivity index (χ3v) is 7.51. The van der Waals surface area contributed by atoms with Gasteiger partial charge in [-0.05, 0) is 68.6 Å². The number of likely N-dealkylation sites (tertiary alicyclic amines) is 1. The molecule has 0 aromatic heterocycles. The first-order valence-corrected chi connectivity index (χ1v) is 12.0. The Kier molecular flexibility index (Phi) is 7.34. The van der Waals surface area contributed by atoms with Gasteiger partial charge in [0.25, 0.3) is 0 Å². The minimum Gasteiger partial charge on any atom is -0.437 e. The smallest absolute Gasteiger partial charge is 0.376 e. The van der Waals surface area contributed by atoms with Crippen molar-refractivity contribution in [3.8, 4) is 0 Å². The number of rotatable bonds is 6. The highest BCUT2D eigenvalue weighted by molar-refractivity contribution is 6.45. The van der Waals surface area contributed by atoms with Gasteiger partial charge < -0.3 is 19.8 Å². The summed E-state index contributed by atoms with van der Waals surface area (Å²) in [6, 6.07) is 19.9. The molecule has 2 aliphatic rings. The van der Waals surface area contributed by atoms with Gasteiger partial charge >= 0.3 is 7.05 Å². The molecule has 170 valence electrons. The first-order valence-electron chi connectivity index (χ1n) is 12.0. The Balaban J connectivity index is 1.39. The summed E-state index contributed by atoms with van der Waals surface area (Å²) in [6.07, 6.45) is 4.10. The largest absolute Gasteiger partial charge is 0.437 e. The minimum absolute atomic E-state index is 0.0608. The summed E-state index contributed by atoms with van der Waals surface area (Å²) in [5, 5.41) is 21.7. The van der Waals surface area contributed by atoms with Gasteiger partial charge in [-0.1, -0.05) is 60.7 Å². The molecule has 0 saturated carbocycles. The molecule has 1 amide bonds. The number of aliphatic hydroxyl groups is 1. The normalized spacial score (nSPS) is 19.2. The van der Waals surface area contributed by atoms with Crippen LogP contribution in [0.2, 0.25) is 6.82 Å². The number of carbonyl (C=O) groups excluding carboxylic acids is 1. The molecule has 0 unspecified atom stereocenters. The van der Waals surface area contributed by atoms with E-state index in [4.69, 9.17) is 0 Å². The van der Waals surface area contributed by atoms with Crippen molar-refractivity contribution in [2.24, 2.45) is 11.8 Å². The first kappa shape index (κ1) is 23.0. The summed E-state index contributed by atoms with van der Waals surface area (Å²) in [5.41, 5.74) is 0.785. The predicted octanol–water partition coefficient (Wildman–Crippen LogP) is 3.37. The van der Waals surface area contributed by atoms with Crippen LogP contribution in [-0.2, 0) is 10.4 Å². The van der Waals surface area contributed by atoms with E-state index < -0.39 is 12.7 Å². The van der Waals surface area contributed by atoms with Crippen molar-refractivity contribution in [1.29, 1.82) is 0 Å². The van der Waals surface area contributed by atoms with Crippen LogP contribution >= 0.6 is 0 Å². The molecule has 2 fully saturated rings. The molecule has 32 heavy (non-hydrogen) atoms. The van der Waals surface area contributed by atoms with Crippen molar-refractivity contribution in [3.05, 3.63) is 71.8 Å². The molecule has 4 rings (SSSR count). The van der Waals surface area contributed by atoms with Gasteiger partial charge in [0.1, 0.15) is 5.60 Å². The van der Waals surface area contributed by atoms with Crippen LogP contribution in [-0.4, -0.2) is 59.0 Å². The molecule has 2 heterocycles. The lowest BCUT2D eigenvalue weighted by molar-refractivity contribution is -0.135. The molecule has 6 heteroatoms. The third kappa shape index (κ3) is 4.93. The van der Waals surface area contributed by atoms with E-state index >= 15 is 0 Å². The maximum absolute atomic E-state index is 13.0. The van der Waals surface area contributed by atoms with Crippen LogP contribution in [0.25, 0.3) is 0 Å².